The van der Waals surface area contributed by atoms with Crippen LogP contribution in [0.25, 0.3) is 0 Å². The van der Waals surface area contributed by atoms with Gasteiger partial charge in [-0.1, -0.05) is 21.8 Å². The number of hydrogen-bond acceptors (Lipinski definition) is 1. The van der Waals surface area contributed by atoms with E-state index in [1.165, 1.54) is 0 Å². The fraction of sp³-hybridized carbons (Fsp3) is 0.875. The van der Waals surface area contributed by atoms with Gasteiger partial charge in [-0.05, 0) is 5.92 Å². The Labute approximate surface area is 60.4 Å². The minimum atomic E-state index is 0. The number of methoxy groups -OCH3 is 1. The number of hydrogen-bond donors (Lipinski definition) is 0. The average Bonchev–Trinajstić information content (AvgIpc) is 1.68. The Kier molecular flexibility index (Phi) is 36.2. The van der Waals surface area contributed by atoms with Crippen LogP contribution >= 0.6 is 0 Å². The largest absolute Gasteiger partial charge is 0.385 e. The fourth-order valence-electron chi connectivity index (χ4n) is 0.368. The van der Waals surface area contributed by atoms with Gasteiger partial charge in [-0.25, -0.2) is 0 Å². The van der Waals surface area contributed by atoms with Crippen molar-refractivity contribution in [1.82, 2.24) is 0 Å². The summed E-state index contributed by atoms with van der Waals surface area (Å²) >= 11 is 0. The zero-order valence-electron chi connectivity index (χ0n) is 5.81. The Morgan fingerprint density at radius 1 is 1.40 bits per heavy atom. The van der Waals surface area contributed by atoms with E-state index in [2.05, 4.69) is 13.8 Å². The molecule has 0 rings (SSSR count). The standard InChI is InChI=1S/C6H13O.2CH4.Rf/c1-4-6(2)5-7-3;;;/h6H,1,4-5H2,2-3H3;2*1H4;/q-1;;;. The second-order valence-electron chi connectivity index (χ2n) is 1.85. The van der Waals surface area contributed by atoms with Gasteiger partial charge in [0.2, 0.25) is 0 Å². The van der Waals surface area contributed by atoms with Gasteiger partial charge in [0.15, 0.2) is 0 Å². The van der Waals surface area contributed by atoms with Gasteiger partial charge >= 0.3 is 0 Å². The van der Waals surface area contributed by atoms with Gasteiger partial charge in [-0.2, -0.15) is 6.42 Å². The molecule has 0 aliphatic rings. The molecule has 1 nitrogen and oxygen atoms in total. The second-order valence-corrected chi connectivity index (χ2v) is 1.85. The summed E-state index contributed by atoms with van der Waals surface area (Å²) in [6, 6.07) is 0. The Hall–Kier alpha value is -1.04. The molecular weight excluding hydrogens is 379 g/mol. The van der Waals surface area contributed by atoms with E-state index < -0.39 is 0 Å². The van der Waals surface area contributed by atoms with E-state index in [4.69, 9.17) is 4.74 Å². The van der Waals surface area contributed by atoms with E-state index in [1.807, 2.05) is 0 Å². The molecule has 62 valence electrons. The Balaban J connectivity index is -0.0000000600. The van der Waals surface area contributed by atoms with Crippen LogP contribution < -0.4 is 0 Å². The van der Waals surface area contributed by atoms with Gasteiger partial charge in [-0.3, -0.25) is 0 Å². The number of ether oxygens (including phenoxy) is 1. The van der Waals surface area contributed by atoms with Crippen LogP contribution in [0, 0.1) is 12.8 Å². The summed E-state index contributed by atoms with van der Waals surface area (Å²) in [5.74, 6) is 0.616. The van der Waals surface area contributed by atoms with E-state index in [1.54, 1.807) is 7.11 Å². The molecular formula is C8H21ORf-. The smallest absolute Gasteiger partial charge is 0.0463 e. The molecule has 1 unspecified atom stereocenters. The summed E-state index contributed by atoms with van der Waals surface area (Å²) in [4.78, 5) is 0. The summed E-state index contributed by atoms with van der Waals surface area (Å²) in [5.41, 5.74) is 0. The van der Waals surface area contributed by atoms with Gasteiger partial charge in [-0.15, -0.1) is 0 Å². The summed E-state index contributed by atoms with van der Waals surface area (Å²) < 4.78 is 4.85. The molecule has 0 aromatic heterocycles. The van der Waals surface area contributed by atoms with E-state index in [0.29, 0.717) is 5.92 Å². The third-order valence-electron chi connectivity index (χ3n) is 0.944. The Morgan fingerprint density at radius 3 is 1.90 bits per heavy atom. The molecule has 0 aromatic rings. The van der Waals surface area contributed by atoms with Gasteiger partial charge in [0, 0.05) is 13.7 Å². The second kappa shape index (κ2) is 15.7. The molecule has 0 aromatic carbocycles. The molecule has 10 heavy (non-hydrogen) atoms. The van der Waals surface area contributed by atoms with Crippen molar-refractivity contribution in [2.75, 3.05) is 13.7 Å². The van der Waals surface area contributed by atoms with Crippen molar-refractivity contribution >= 4 is 0 Å². The van der Waals surface area contributed by atoms with Crippen molar-refractivity contribution in [3.05, 3.63) is 6.92 Å². The van der Waals surface area contributed by atoms with Crippen molar-refractivity contribution in [2.24, 2.45) is 5.92 Å². The van der Waals surface area contributed by atoms with Crippen molar-refractivity contribution in [3.8, 4) is 0 Å². The number of rotatable bonds is 3. The van der Waals surface area contributed by atoms with Crippen LogP contribution in [0.3, 0.4) is 0 Å². The molecule has 1 atom stereocenters. The predicted molar refractivity (Wildman–Crippen MR) is 44.5 cm³/mol. The van der Waals surface area contributed by atoms with Crippen LogP contribution in [0.1, 0.15) is 28.2 Å². The maximum Gasteiger partial charge on any atom is 0.0463 e. The minimum Gasteiger partial charge on any atom is -0.385 e. The van der Waals surface area contributed by atoms with Crippen LogP contribution in [0.2, 0.25) is 0 Å². The van der Waals surface area contributed by atoms with Crippen LogP contribution in [0.5, 0.6) is 0 Å². The first-order chi connectivity index (χ1) is 3.31. The van der Waals surface area contributed by atoms with E-state index in [-0.39, 0.29) is 14.9 Å². The molecule has 0 N–H and O–H groups in total. The van der Waals surface area contributed by atoms with E-state index >= 15 is 0 Å². The molecule has 0 spiro atoms. The van der Waals surface area contributed by atoms with Gasteiger partial charge in [0.25, 0.3) is 0 Å². The van der Waals surface area contributed by atoms with Gasteiger partial charge in [0.05, 0.1) is 0 Å². The van der Waals surface area contributed by atoms with Crippen molar-refractivity contribution in [1.29, 1.82) is 0 Å². The summed E-state index contributed by atoms with van der Waals surface area (Å²) in [7, 11) is 1.71. The van der Waals surface area contributed by atoms with Gasteiger partial charge < -0.3 is 11.7 Å². The maximum atomic E-state index is 4.85. The van der Waals surface area contributed by atoms with Gasteiger partial charge in [0.1, 0.15) is 0 Å². The quantitative estimate of drug-likeness (QED) is 0.663. The van der Waals surface area contributed by atoms with Crippen LogP contribution in [-0.2, 0) is 4.74 Å². The van der Waals surface area contributed by atoms with Crippen molar-refractivity contribution in [3.63, 3.8) is 0 Å². The first-order valence-corrected chi connectivity index (χ1v) is 2.59. The summed E-state index contributed by atoms with van der Waals surface area (Å²) in [6.07, 6.45) is 0.966. The fourth-order valence-corrected chi connectivity index (χ4v) is 0.368. The first-order valence-electron chi connectivity index (χ1n) is 2.59. The molecule has 0 amide bonds. The molecule has 0 saturated carbocycles. The zero-order chi connectivity index (χ0) is 5.70. The SMILES string of the molecule is C.C.[CH2-]CC(C)COC.[Rf]. The van der Waals surface area contributed by atoms with E-state index in [9.17, 15) is 0 Å². The molecule has 0 heterocycles. The molecule has 0 fully saturated rings. The topological polar surface area (TPSA) is 9.23 Å². The monoisotopic (exact) mass is 400 g/mol. The van der Waals surface area contributed by atoms with Crippen LogP contribution in [0.4, 0.5) is 0 Å². The Bertz CT molecular complexity index is 40.2. The van der Waals surface area contributed by atoms with E-state index in [0.717, 1.165) is 13.0 Å². The van der Waals surface area contributed by atoms with Crippen molar-refractivity contribution in [2.45, 2.75) is 28.2 Å². The normalized spacial score (nSPS) is 9.90. The van der Waals surface area contributed by atoms with Crippen LogP contribution in [-0.4, -0.2) is 13.7 Å². The average molecular weight is 400 g/mol. The molecule has 0 radical (unpaired) electrons. The van der Waals surface area contributed by atoms with Crippen LogP contribution in [0.15, 0.2) is 0 Å². The molecule has 2 heteroatoms. The first kappa shape index (κ1) is 23.1. The summed E-state index contributed by atoms with van der Waals surface area (Å²) in [5, 5.41) is 0. The maximum absolute atomic E-state index is 4.85. The molecule has 0 bridgehead atoms. The minimum absolute atomic E-state index is 0. The molecule has 0 aliphatic heterocycles. The zero-order valence-corrected chi connectivity index (χ0v) is 12.2. The molecule has 0 saturated heterocycles. The summed E-state index contributed by atoms with van der Waals surface area (Å²) in [6.45, 7) is 6.68. The van der Waals surface area contributed by atoms with Crippen molar-refractivity contribution < 1.29 is 4.74 Å². The Morgan fingerprint density at radius 2 is 1.80 bits per heavy atom. The third-order valence-corrected chi connectivity index (χ3v) is 0.944. The predicted octanol–water partition coefficient (Wildman–Crippen LogP) is 2.77. The molecule has 0 aliphatic carbocycles. The third kappa shape index (κ3) is 15.8.